The second-order valence-corrected chi connectivity index (χ2v) is 8.90. The number of hydrogen-bond acceptors (Lipinski definition) is 5. The predicted molar refractivity (Wildman–Crippen MR) is 101 cm³/mol. The van der Waals surface area contributed by atoms with Crippen LogP contribution in [0.4, 0.5) is 4.79 Å². The van der Waals surface area contributed by atoms with Gasteiger partial charge in [-0.05, 0) is 48.6 Å². The number of aromatic nitrogens is 1. The number of amidine groups is 1. The van der Waals surface area contributed by atoms with E-state index < -0.39 is 11.7 Å². The lowest BCUT2D eigenvalue weighted by molar-refractivity contribution is -0.124. The zero-order valence-corrected chi connectivity index (χ0v) is 16.7. The average Bonchev–Trinajstić information content (AvgIpc) is 2.82. The van der Waals surface area contributed by atoms with E-state index in [1.54, 1.807) is 13.0 Å². The Morgan fingerprint density at radius 3 is 2.59 bits per heavy atom. The number of aliphatic imine (C=N–C) groups is 1. The van der Waals surface area contributed by atoms with E-state index in [0.717, 1.165) is 24.1 Å². The fraction of sp³-hybridized carbons (Fsp3) is 0.600. The molecule has 1 aliphatic heterocycles. The number of ether oxygens (including phenoxy) is 1. The molecule has 0 saturated heterocycles. The number of fused-ring (bicyclic) bond motifs is 1. The molecule has 1 aliphatic carbocycles. The van der Waals surface area contributed by atoms with E-state index in [4.69, 9.17) is 14.8 Å². The molecule has 2 N–H and O–H groups in total. The minimum absolute atomic E-state index is 0.0181. The van der Waals surface area contributed by atoms with Gasteiger partial charge in [-0.25, -0.2) is 14.8 Å². The largest absolute Gasteiger partial charge is 0.511 e. The monoisotopic (exact) mass is 373 g/mol. The zero-order valence-electron chi connectivity index (χ0n) is 16.7. The highest BCUT2D eigenvalue weighted by atomic mass is 16.7. The Morgan fingerprint density at radius 2 is 2.04 bits per heavy atom. The molecule has 146 valence electrons. The third-order valence-corrected chi connectivity index (χ3v) is 5.72. The number of pyridine rings is 1. The van der Waals surface area contributed by atoms with E-state index in [-0.39, 0.29) is 40.4 Å². The first kappa shape index (κ1) is 19.3. The highest BCUT2D eigenvalue weighted by Gasteiger charge is 2.43. The molecule has 0 spiro atoms. The summed E-state index contributed by atoms with van der Waals surface area (Å²) in [5, 5.41) is 11.9. The maximum Gasteiger partial charge on any atom is 0.511 e. The number of rotatable bonds is 3. The normalized spacial score (nSPS) is 26.4. The second kappa shape index (κ2) is 6.32. The quantitative estimate of drug-likeness (QED) is 0.790. The van der Waals surface area contributed by atoms with Crippen molar-refractivity contribution in [2.45, 2.75) is 65.8 Å². The van der Waals surface area contributed by atoms with E-state index in [1.165, 1.54) is 0 Å². The van der Waals surface area contributed by atoms with E-state index in [9.17, 15) is 9.59 Å². The van der Waals surface area contributed by atoms with Crippen LogP contribution in [0.3, 0.4) is 0 Å². The lowest BCUT2D eigenvalue weighted by Crippen LogP contribution is -2.41. The fourth-order valence-electron chi connectivity index (χ4n) is 3.97. The van der Waals surface area contributed by atoms with Gasteiger partial charge in [0, 0.05) is 5.69 Å². The predicted octanol–water partition coefficient (Wildman–Crippen LogP) is 3.51. The van der Waals surface area contributed by atoms with E-state index >= 15 is 0 Å². The molecule has 27 heavy (non-hydrogen) atoms. The lowest BCUT2D eigenvalue weighted by atomic mass is 9.71. The molecular weight excluding hydrogens is 346 g/mol. The van der Waals surface area contributed by atoms with E-state index in [1.807, 2.05) is 13.8 Å². The SMILES string of the molecule is CC1CC(C)(C)Cc2nc(C3=NC(C)(C(C)C)C(=O)N3)c(OC(=O)O)cc21. The minimum atomic E-state index is -1.42. The van der Waals surface area contributed by atoms with Crippen LogP contribution in [0, 0.1) is 11.3 Å². The standard InChI is InChI=1S/C20H27N3O4/c1-10(2)20(6)17(24)22-16(23-20)15-14(27-18(25)26)7-12-11(3)8-19(4,5)9-13(12)21-15/h7,10-11H,8-9H2,1-6H3,(H,25,26)(H,22,23,24). The summed E-state index contributed by atoms with van der Waals surface area (Å²) in [6, 6.07) is 1.74. The number of amides is 1. The van der Waals surface area contributed by atoms with Crippen molar-refractivity contribution in [3.63, 3.8) is 0 Å². The Labute approximate surface area is 159 Å². The van der Waals surface area contributed by atoms with Gasteiger partial charge in [0.2, 0.25) is 0 Å². The van der Waals surface area contributed by atoms with Gasteiger partial charge in [0.25, 0.3) is 5.91 Å². The minimum Gasteiger partial charge on any atom is -0.449 e. The van der Waals surface area contributed by atoms with Crippen molar-refractivity contribution in [2.24, 2.45) is 16.3 Å². The molecule has 0 fully saturated rings. The zero-order chi connectivity index (χ0) is 20.1. The molecule has 7 heteroatoms. The van der Waals surface area contributed by atoms with Crippen LogP contribution in [-0.2, 0) is 11.2 Å². The summed E-state index contributed by atoms with van der Waals surface area (Å²) in [6.45, 7) is 12.1. The van der Waals surface area contributed by atoms with E-state index in [2.05, 4.69) is 31.1 Å². The molecule has 0 bridgehead atoms. The highest BCUT2D eigenvalue weighted by molar-refractivity contribution is 6.15. The Kier molecular flexibility index (Phi) is 4.52. The third-order valence-electron chi connectivity index (χ3n) is 5.72. The third kappa shape index (κ3) is 3.42. The topological polar surface area (TPSA) is 101 Å². The molecule has 3 rings (SSSR count). The van der Waals surface area contributed by atoms with Gasteiger partial charge >= 0.3 is 6.16 Å². The number of nitrogens with zero attached hydrogens (tertiary/aromatic N) is 2. The van der Waals surface area contributed by atoms with E-state index in [0.29, 0.717) is 0 Å². The number of carbonyl (C=O) groups is 2. The van der Waals surface area contributed by atoms with Crippen LogP contribution in [0.25, 0.3) is 0 Å². The number of carbonyl (C=O) groups excluding carboxylic acids is 1. The van der Waals surface area contributed by atoms with Gasteiger partial charge in [0.15, 0.2) is 11.6 Å². The van der Waals surface area contributed by atoms with Gasteiger partial charge in [-0.3, -0.25) is 4.79 Å². The van der Waals surface area contributed by atoms with Crippen LogP contribution in [-0.4, -0.2) is 33.5 Å². The Balaban J connectivity index is 2.15. The van der Waals surface area contributed by atoms with Crippen molar-refractivity contribution in [1.29, 1.82) is 0 Å². The van der Waals surface area contributed by atoms with Crippen LogP contribution in [0.15, 0.2) is 11.1 Å². The molecule has 1 aromatic heterocycles. The maximum absolute atomic E-state index is 12.5. The van der Waals surface area contributed by atoms with Crippen molar-refractivity contribution in [1.82, 2.24) is 10.3 Å². The molecule has 2 unspecified atom stereocenters. The summed E-state index contributed by atoms with van der Waals surface area (Å²) in [6.07, 6.45) is 0.338. The molecule has 0 saturated carbocycles. The Bertz CT molecular complexity index is 844. The van der Waals surface area contributed by atoms with Crippen LogP contribution >= 0.6 is 0 Å². The maximum atomic E-state index is 12.5. The summed E-state index contributed by atoms with van der Waals surface area (Å²) in [5.41, 5.74) is 1.35. The van der Waals surface area contributed by atoms with Crippen molar-refractivity contribution in [3.8, 4) is 5.75 Å². The molecule has 1 aromatic rings. The number of nitrogens with one attached hydrogen (secondary N) is 1. The van der Waals surface area contributed by atoms with Crippen molar-refractivity contribution < 1.29 is 19.4 Å². The van der Waals surface area contributed by atoms with Gasteiger partial charge in [-0.1, -0.05) is 34.6 Å². The van der Waals surface area contributed by atoms with Crippen molar-refractivity contribution >= 4 is 17.9 Å². The van der Waals surface area contributed by atoms with Gasteiger partial charge in [-0.15, -0.1) is 0 Å². The summed E-state index contributed by atoms with van der Waals surface area (Å²) < 4.78 is 5.01. The molecule has 2 aliphatic rings. The molecule has 0 radical (unpaired) electrons. The van der Waals surface area contributed by atoms with Crippen LogP contribution in [0.1, 0.15) is 70.8 Å². The number of carboxylic acid groups (broad SMARTS) is 1. The molecule has 7 nitrogen and oxygen atoms in total. The summed E-state index contributed by atoms with van der Waals surface area (Å²) in [4.78, 5) is 33.0. The van der Waals surface area contributed by atoms with Crippen molar-refractivity contribution in [2.75, 3.05) is 0 Å². The molecule has 1 amide bonds. The van der Waals surface area contributed by atoms with Crippen LogP contribution in [0.5, 0.6) is 5.75 Å². The van der Waals surface area contributed by atoms with Crippen molar-refractivity contribution in [3.05, 3.63) is 23.0 Å². The first-order chi connectivity index (χ1) is 12.4. The Morgan fingerprint density at radius 1 is 1.37 bits per heavy atom. The molecule has 0 aromatic carbocycles. The smallest absolute Gasteiger partial charge is 0.449 e. The fourth-order valence-corrected chi connectivity index (χ4v) is 3.97. The lowest BCUT2D eigenvalue weighted by Gasteiger charge is -2.35. The van der Waals surface area contributed by atoms with Gasteiger partial charge in [-0.2, -0.15) is 0 Å². The summed E-state index contributed by atoms with van der Waals surface area (Å²) in [5.74, 6) is 0.381. The summed E-state index contributed by atoms with van der Waals surface area (Å²) in [7, 11) is 0. The van der Waals surface area contributed by atoms with Crippen LogP contribution in [0.2, 0.25) is 0 Å². The van der Waals surface area contributed by atoms with Gasteiger partial charge in [0.1, 0.15) is 11.2 Å². The molecular formula is C20H27N3O4. The average molecular weight is 373 g/mol. The highest BCUT2D eigenvalue weighted by Crippen LogP contribution is 2.43. The number of hydrogen-bond donors (Lipinski definition) is 2. The van der Waals surface area contributed by atoms with Gasteiger partial charge in [0.05, 0.1) is 0 Å². The first-order valence-electron chi connectivity index (χ1n) is 9.29. The summed E-state index contributed by atoms with van der Waals surface area (Å²) >= 11 is 0. The Hall–Kier alpha value is -2.44. The second-order valence-electron chi connectivity index (χ2n) is 8.90. The molecule has 2 atom stereocenters. The van der Waals surface area contributed by atoms with Gasteiger partial charge < -0.3 is 15.2 Å². The van der Waals surface area contributed by atoms with Crippen LogP contribution < -0.4 is 10.1 Å². The first-order valence-corrected chi connectivity index (χ1v) is 9.29. The molecule has 2 heterocycles.